The number of hydrogen-bond donors (Lipinski definition) is 0. The lowest BCUT2D eigenvalue weighted by Crippen LogP contribution is -2.17. The van der Waals surface area contributed by atoms with Crippen LogP contribution in [0.2, 0.25) is 5.02 Å². The number of ether oxygens (including phenoxy) is 2. The van der Waals surface area contributed by atoms with Crippen molar-refractivity contribution >= 4 is 24.0 Å². The molecule has 0 atom stereocenters. The van der Waals surface area contributed by atoms with Crippen molar-refractivity contribution in [3.8, 4) is 23.3 Å². The Bertz CT molecular complexity index is 1180. The highest BCUT2D eigenvalue weighted by Crippen LogP contribution is 2.29. The van der Waals surface area contributed by atoms with Gasteiger partial charge in [-0.1, -0.05) is 18.5 Å². The molecule has 0 bridgehead atoms. The van der Waals surface area contributed by atoms with Crippen LogP contribution in [0.4, 0.5) is 5.69 Å². The number of anilines is 1. The maximum atomic E-state index is 9.10. The van der Waals surface area contributed by atoms with Gasteiger partial charge in [-0.2, -0.15) is 10.4 Å². The fourth-order valence-electron chi connectivity index (χ4n) is 3.10. The molecular weight excluding hydrogens is 442 g/mol. The van der Waals surface area contributed by atoms with E-state index < -0.39 is 0 Å². The maximum Gasteiger partial charge on any atom is 0.247 e. The van der Waals surface area contributed by atoms with Crippen LogP contribution in [0.5, 0.6) is 5.75 Å². The van der Waals surface area contributed by atoms with Gasteiger partial charge in [-0.25, -0.2) is 5.01 Å². The third-order valence-electron chi connectivity index (χ3n) is 4.83. The van der Waals surface area contributed by atoms with E-state index in [0.717, 1.165) is 11.3 Å². The van der Waals surface area contributed by atoms with Crippen molar-refractivity contribution in [1.29, 1.82) is 5.26 Å². The number of hydrazone groups is 1. The van der Waals surface area contributed by atoms with Gasteiger partial charge in [-0.05, 0) is 49.4 Å². The molecule has 0 aliphatic carbocycles. The van der Waals surface area contributed by atoms with Gasteiger partial charge >= 0.3 is 0 Å². The number of allylic oxidation sites excluding steroid dienone is 2. The van der Waals surface area contributed by atoms with Crippen molar-refractivity contribution in [3.63, 3.8) is 0 Å². The van der Waals surface area contributed by atoms with E-state index in [-0.39, 0.29) is 0 Å². The molecule has 33 heavy (non-hydrogen) atoms. The summed E-state index contributed by atoms with van der Waals surface area (Å²) >= 11 is 6.19. The molecule has 9 heteroatoms. The van der Waals surface area contributed by atoms with Crippen LogP contribution >= 0.6 is 11.6 Å². The molecule has 0 spiro atoms. The van der Waals surface area contributed by atoms with Gasteiger partial charge in [-0.3, -0.25) is 0 Å². The van der Waals surface area contributed by atoms with E-state index in [2.05, 4.69) is 22.0 Å². The predicted octanol–water partition coefficient (Wildman–Crippen LogP) is 5.59. The largest absolute Gasteiger partial charge is 0.460 e. The second-order valence-electron chi connectivity index (χ2n) is 6.96. The zero-order valence-electron chi connectivity index (χ0n) is 18.7. The average Bonchev–Trinajstić information content (AvgIpc) is 3.31. The molecule has 0 saturated heterocycles. The molecule has 3 rings (SSSR count). The minimum Gasteiger partial charge on any atom is -0.460 e. The van der Waals surface area contributed by atoms with Crippen LogP contribution in [-0.4, -0.2) is 30.6 Å². The zero-order valence-corrected chi connectivity index (χ0v) is 19.5. The second kappa shape index (κ2) is 11.3. The number of hydrogen-bond acceptors (Lipinski definition) is 8. The van der Waals surface area contributed by atoms with E-state index in [1.54, 1.807) is 30.3 Å². The molecule has 3 aromatic rings. The summed E-state index contributed by atoms with van der Waals surface area (Å²) in [5, 5.41) is 23.3. The van der Waals surface area contributed by atoms with E-state index in [9.17, 15) is 0 Å². The van der Waals surface area contributed by atoms with E-state index in [0.29, 0.717) is 59.0 Å². The van der Waals surface area contributed by atoms with Gasteiger partial charge in [-0.15, -0.1) is 10.2 Å². The lowest BCUT2D eigenvalue weighted by molar-refractivity contribution is 0.195. The zero-order chi connectivity index (χ0) is 23.8. The second-order valence-corrected chi connectivity index (χ2v) is 7.37. The first-order chi connectivity index (χ1) is 16.0. The summed E-state index contributed by atoms with van der Waals surface area (Å²) in [5.74, 6) is 2.32. The molecular formula is C24H24ClN5O3. The van der Waals surface area contributed by atoms with Gasteiger partial charge in [0, 0.05) is 32.2 Å². The lowest BCUT2D eigenvalue weighted by atomic mass is 10.2. The Morgan fingerprint density at radius 2 is 2.00 bits per heavy atom. The molecule has 0 saturated carbocycles. The fourth-order valence-corrected chi connectivity index (χ4v) is 3.31. The van der Waals surface area contributed by atoms with Gasteiger partial charge in [0.1, 0.15) is 17.6 Å². The molecule has 0 fully saturated rings. The van der Waals surface area contributed by atoms with Crippen molar-refractivity contribution in [3.05, 3.63) is 70.4 Å². The predicted molar refractivity (Wildman–Crippen MR) is 127 cm³/mol. The van der Waals surface area contributed by atoms with E-state index in [1.165, 1.54) is 0 Å². The molecule has 1 aromatic heterocycles. The first kappa shape index (κ1) is 24.0. The van der Waals surface area contributed by atoms with Gasteiger partial charge < -0.3 is 13.9 Å². The number of benzene rings is 2. The van der Waals surface area contributed by atoms with Gasteiger partial charge in [0.2, 0.25) is 11.8 Å². The summed E-state index contributed by atoms with van der Waals surface area (Å²) < 4.78 is 16.8. The van der Waals surface area contributed by atoms with Crippen LogP contribution in [0.15, 0.2) is 63.4 Å². The minimum absolute atomic E-state index is 0.345. The number of methoxy groups -OCH3 is 1. The molecule has 0 aliphatic heterocycles. The maximum absolute atomic E-state index is 9.10. The topological polar surface area (TPSA) is 96.8 Å². The third-order valence-corrected chi connectivity index (χ3v) is 5.14. The standard InChI is InChI=1S/C24H24ClN5O3/c1-5-22(16(2)30(27-3)19-9-6-18(15-26)21(25)14-19)32-20-10-7-17(8-11-20)24-29-28-23(33-24)12-13-31-4/h6-11,14H,3,5,12-13H2,1-2,4H3/b22-16+. The summed E-state index contributed by atoms with van der Waals surface area (Å²) in [4.78, 5) is 0. The van der Waals surface area contributed by atoms with Gasteiger partial charge in [0.15, 0.2) is 0 Å². The number of aromatic nitrogens is 2. The SMILES string of the molecule is C=NN(/C(C)=C(\CC)Oc1ccc(-c2nnc(CCOC)o2)cc1)c1ccc(C#N)c(Cl)c1. The first-order valence-electron chi connectivity index (χ1n) is 10.3. The van der Waals surface area contributed by atoms with Crippen LogP contribution in [0, 0.1) is 11.3 Å². The molecule has 1 heterocycles. The Morgan fingerprint density at radius 1 is 1.24 bits per heavy atom. The Balaban J connectivity index is 1.79. The molecule has 2 aromatic carbocycles. The van der Waals surface area contributed by atoms with Crippen molar-refractivity contribution < 1.29 is 13.9 Å². The smallest absolute Gasteiger partial charge is 0.247 e. The number of nitriles is 1. The number of rotatable bonds is 10. The van der Waals surface area contributed by atoms with Gasteiger partial charge in [0.25, 0.3) is 0 Å². The van der Waals surface area contributed by atoms with Gasteiger partial charge in [0.05, 0.1) is 28.6 Å². The highest BCUT2D eigenvalue weighted by Gasteiger charge is 2.15. The monoisotopic (exact) mass is 465 g/mol. The van der Waals surface area contributed by atoms with Crippen molar-refractivity contribution in [2.45, 2.75) is 26.7 Å². The molecule has 170 valence electrons. The Labute approximate surface area is 197 Å². The van der Waals surface area contributed by atoms with E-state index >= 15 is 0 Å². The Hall–Kier alpha value is -3.67. The van der Waals surface area contributed by atoms with Crippen molar-refractivity contribution in [2.24, 2.45) is 5.10 Å². The normalized spacial score (nSPS) is 11.5. The van der Waals surface area contributed by atoms with Crippen LogP contribution in [0.25, 0.3) is 11.5 Å². The molecule has 0 radical (unpaired) electrons. The molecule has 0 unspecified atom stereocenters. The Morgan fingerprint density at radius 3 is 2.61 bits per heavy atom. The van der Waals surface area contributed by atoms with Crippen molar-refractivity contribution in [2.75, 3.05) is 18.7 Å². The third kappa shape index (κ3) is 5.77. The molecule has 8 nitrogen and oxygen atoms in total. The first-order valence-corrected chi connectivity index (χ1v) is 10.6. The highest BCUT2D eigenvalue weighted by atomic mass is 35.5. The van der Waals surface area contributed by atoms with Crippen LogP contribution in [0.3, 0.4) is 0 Å². The Kier molecular flexibility index (Phi) is 8.19. The van der Waals surface area contributed by atoms with Crippen LogP contribution in [-0.2, 0) is 11.2 Å². The van der Waals surface area contributed by atoms with Crippen LogP contribution in [0.1, 0.15) is 31.7 Å². The lowest BCUT2D eigenvalue weighted by Gasteiger charge is -2.22. The molecule has 0 N–H and O–H groups in total. The summed E-state index contributed by atoms with van der Waals surface area (Å²) in [6.45, 7) is 8.06. The molecule has 0 aliphatic rings. The van der Waals surface area contributed by atoms with E-state index in [1.807, 2.05) is 44.2 Å². The average molecular weight is 466 g/mol. The van der Waals surface area contributed by atoms with E-state index in [4.69, 9.17) is 30.8 Å². The summed E-state index contributed by atoms with van der Waals surface area (Å²) in [6.07, 6.45) is 1.18. The summed E-state index contributed by atoms with van der Waals surface area (Å²) in [5.41, 5.74) is 2.61. The quantitative estimate of drug-likeness (QED) is 0.218. The number of nitrogens with zero attached hydrogens (tertiary/aromatic N) is 5. The van der Waals surface area contributed by atoms with Crippen LogP contribution < -0.4 is 9.75 Å². The number of halogens is 1. The van der Waals surface area contributed by atoms with Crippen molar-refractivity contribution in [1.82, 2.24) is 10.2 Å². The summed E-state index contributed by atoms with van der Waals surface area (Å²) in [7, 11) is 1.63. The molecule has 0 amide bonds. The minimum atomic E-state index is 0.345. The highest BCUT2D eigenvalue weighted by molar-refractivity contribution is 6.32. The fraction of sp³-hybridized carbons (Fsp3) is 0.250. The summed E-state index contributed by atoms with van der Waals surface area (Å²) in [6, 6.07) is 14.5.